The van der Waals surface area contributed by atoms with Gasteiger partial charge in [-0.05, 0) is 18.4 Å². The van der Waals surface area contributed by atoms with Crippen molar-refractivity contribution in [1.82, 2.24) is 10.6 Å². The summed E-state index contributed by atoms with van der Waals surface area (Å²) in [5.41, 5.74) is 0.917. The minimum atomic E-state index is -0.884. The van der Waals surface area contributed by atoms with Crippen LogP contribution in [0.3, 0.4) is 0 Å². The van der Waals surface area contributed by atoms with Crippen LogP contribution in [0.5, 0.6) is 0 Å². The number of hydrogen-bond donors (Lipinski definition) is 2. The molecule has 0 bridgehead atoms. The van der Waals surface area contributed by atoms with E-state index in [1.165, 1.54) is 0 Å². The van der Waals surface area contributed by atoms with Gasteiger partial charge in [0.15, 0.2) is 0 Å². The van der Waals surface area contributed by atoms with Crippen molar-refractivity contribution in [3.05, 3.63) is 35.4 Å². The Labute approximate surface area is 138 Å². The largest absolute Gasteiger partial charge is 0.328 e. The molecule has 24 heavy (non-hydrogen) atoms. The van der Waals surface area contributed by atoms with Crippen LogP contribution >= 0.6 is 0 Å². The molecule has 3 rings (SSSR count). The van der Waals surface area contributed by atoms with E-state index in [4.69, 9.17) is 0 Å². The van der Waals surface area contributed by atoms with Gasteiger partial charge in [0.05, 0.1) is 11.3 Å². The fraction of sp³-hybridized carbons (Fsp3) is 0.294. The fourth-order valence-corrected chi connectivity index (χ4v) is 2.82. The van der Waals surface area contributed by atoms with Crippen LogP contribution in [0, 0.1) is 5.92 Å². The molecule has 0 radical (unpaired) electrons. The summed E-state index contributed by atoms with van der Waals surface area (Å²) in [5, 5.41) is 4.03. The van der Waals surface area contributed by atoms with E-state index >= 15 is 0 Å². The van der Waals surface area contributed by atoms with Crippen LogP contribution in [-0.2, 0) is 14.4 Å². The standard InChI is InChI=1S/C17H17N3O4/c1-9(2)7-8-20-11-6-4-3-5-10(11)12(16(20)23)13-14(21)18-17(24)19-15(13)22/h3-6,9H,7-8H2,1-2H3,(H2,18,19,21,22,24). The summed E-state index contributed by atoms with van der Waals surface area (Å²) in [6.45, 7) is 4.60. The van der Waals surface area contributed by atoms with Crippen molar-refractivity contribution in [2.45, 2.75) is 20.3 Å². The Hall–Kier alpha value is -2.96. The molecule has 7 nitrogen and oxygen atoms in total. The number of nitrogens with one attached hydrogen (secondary N) is 2. The van der Waals surface area contributed by atoms with Crippen LogP contribution in [0.4, 0.5) is 10.5 Å². The maximum absolute atomic E-state index is 12.9. The van der Waals surface area contributed by atoms with Crippen LogP contribution in [0.15, 0.2) is 29.8 Å². The zero-order valence-electron chi connectivity index (χ0n) is 13.4. The van der Waals surface area contributed by atoms with E-state index in [-0.39, 0.29) is 11.1 Å². The summed E-state index contributed by atoms with van der Waals surface area (Å²) in [4.78, 5) is 49.9. The second-order valence-electron chi connectivity index (χ2n) is 6.14. The van der Waals surface area contributed by atoms with Crippen LogP contribution < -0.4 is 15.5 Å². The van der Waals surface area contributed by atoms with E-state index in [0.29, 0.717) is 23.7 Å². The van der Waals surface area contributed by atoms with E-state index in [2.05, 4.69) is 13.8 Å². The maximum atomic E-state index is 12.9. The lowest BCUT2D eigenvalue weighted by atomic mass is 9.99. The normalized spacial score (nSPS) is 17.4. The highest BCUT2D eigenvalue weighted by atomic mass is 16.2. The Morgan fingerprint density at radius 3 is 2.21 bits per heavy atom. The Morgan fingerprint density at radius 1 is 0.958 bits per heavy atom. The van der Waals surface area contributed by atoms with Crippen LogP contribution in [0.1, 0.15) is 25.8 Å². The minimum Gasteiger partial charge on any atom is -0.308 e. The van der Waals surface area contributed by atoms with Crippen molar-refractivity contribution >= 4 is 35.0 Å². The Balaban J connectivity index is 2.11. The van der Waals surface area contributed by atoms with Gasteiger partial charge >= 0.3 is 6.03 Å². The van der Waals surface area contributed by atoms with Gasteiger partial charge < -0.3 is 4.90 Å². The molecular formula is C17H17N3O4. The quantitative estimate of drug-likeness (QED) is 0.644. The van der Waals surface area contributed by atoms with Gasteiger partial charge in [-0.15, -0.1) is 0 Å². The molecule has 2 aliphatic heterocycles. The molecular weight excluding hydrogens is 310 g/mol. The fourth-order valence-electron chi connectivity index (χ4n) is 2.82. The number of hydrogen-bond acceptors (Lipinski definition) is 4. The van der Waals surface area contributed by atoms with E-state index in [0.717, 1.165) is 6.42 Å². The second-order valence-corrected chi connectivity index (χ2v) is 6.14. The van der Waals surface area contributed by atoms with Gasteiger partial charge in [-0.25, -0.2) is 4.79 Å². The summed E-state index contributed by atoms with van der Waals surface area (Å²) in [5.74, 6) is -1.70. The number of barbiturate groups is 1. The number of carbonyl (C=O) groups excluding carboxylic acids is 4. The molecule has 0 spiro atoms. The monoisotopic (exact) mass is 327 g/mol. The topological polar surface area (TPSA) is 95.6 Å². The number of para-hydroxylation sites is 1. The van der Waals surface area contributed by atoms with E-state index in [9.17, 15) is 19.2 Å². The third kappa shape index (κ3) is 2.58. The summed E-state index contributed by atoms with van der Waals surface area (Å²) in [6.07, 6.45) is 0.791. The van der Waals surface area contributed by atoms with Crippen LogP contribution in [-0.4, -0.2) is 30.3 Å². The van der Waals surface area contributed by atoms with Gasteiger partial charge in [-0.1, -0.05) is 32.0 Å². The average molecular weight is 327 g/mol. The molecule has 1 aromatic rings. The lowest BCUT2D eigenvalue weighted by molar-refractivity contribution is -0.124. The highest BCUT2D eigenvalue weighted by Crippen LogP contribution is 2.39. The summed E-state index contributed by atoms with van der Waals surface area (Å²) >= 11 is 0. The van der Waals surface area contributed by atoms with Crippen molar-refractivity contribution in [3.63, 3.8) is 0 Å². The van der Waals surface area contributed by atoms with Crippen LogP contribution in [0.25, 0.3) is 5.57 Å². The number of urea groups is 1. The molecule has 1 saturated heterocycles. The van der Waals surface area contributed by atoms with E-state index in [1.54, 1.807) is 29.2 Å². The second kappa shape index (κ2) is 5.92. The molecule has 7 heteroatoms. The summed E-state index contributed by atoms with van der Waals surface area (Å²) in [7, 11) is 0. The smallest absolute Gasteiger partial charge is 0.308 e. The average Bonchev–Trinajstić information content (AvgIpc) is 2.77. The highest BCUT2D eigenvalue weighted by Gasteiger charge is 2.40. The van der Waals surface area contributed by atoms with Crippen molar-refractivity contribution in [2.75, 3.05) is 11.4 Å². The van der Waals surface area contributed by atoms with E-state index in [1.807, 2.05) is 10.6 Å². The third-order valence-electron chi connectivity index (χ3n) is 4.01. The molecule has 0 aromatic heterocycles. The number of benzene rings is 1. The first-order chi connectivity index (χ1) is 11.4. The number of amides is 5. The SMILES string of the molecule is CC(C)CCN1C(=O)C(=C2C(=O)NC(=O)NC2=O)c2ccccc21. The molecule has 5 amide bonds. The van der Waals surface area contributed by atoms with Crippen LogP contribution in [0.2, 0.25) is 0 Å². The van der Waals surface area contributed by atoms with Gasteiger partial charge in [-0.2, -0.15) is 0 Å². The summed E-state index contributed by atoms with van der Waals surface area (Å²) < 4.78 is 0. The zero-order valence-corrected chi connectivity index (χ0v) is 13.4. The number of rotatable bonds is 3. The molecule has 1 fully saturated rings. The molecule has 2 heterocycles. The predicted molar refractivity (Wildman–Crippen MR) is 86.9 cm³/mol. The lowest BCUT2D eigenvalue weighted by Gasteiger charge is -2.19. The zero-order chi connectivity index (χ0) is 17.4. The highest BCUT2D eigenvalue weighted by molar-refractivity contribution is 6.44. The molecule has 0 unspecified atom stereocenters. The Bertz CT molecular complexity index is 773. The molecule has 124 valence electrons. The van der Waals surface area contributed by atoms with Crippen molar-refractivity contribution in [2.24, 2.45) is 5.92 Å². The molecule has 0 saturated carbocycles. The van der Waals surface area contributed by atoms with Gasteiger partial charge in [0.25, 0.3) is 17.7 Å². The first-order valence-electron chi connectivity index (χ1n) is 7.72. The molecule has 0 aliphatic carbocycles. The maximum Gasteiger partial charge on any atom is 0.328 e. The lowest BCUT2D eigenvalue weighted by Crippen LogP contribution is -2.52. The first-order valence-corrected chi connectivity index (χ1v) is 7.72. The van der Waals surface area contributed by atoms with Gasteiger partial charge in [0.1, 0.15) is 5.57 Å². The molecule has 0 atom stereocenters. The third-order valence-corrected chi connectivity index (χ3v) is 4.01. The van der Waals surface area contributed by atoms with Gasteiger partial charge in [-0.3, -0.25) is 25.0 Å². The summed E-state index contributed by atoms with van der Waals surface area (Å²) in [6, 6.07) is 6.13. The number of anilines is 1. The molecule has 2 N–H and O–H groups in total. The number of carbonyl (C=O) groups is 4. The Kier molecular flexibility index (Phi) is 3.92. The van der Waals surface area contributed by atoms with Crippen molar-refractivity contribution < 1.29 is 19.2 Å². The molecule has 2 aliphatic rings. The van der Waals surface area contributed by atoms with Gasteiger partial charge in [0, 0.05) is 12.1 Å². The Morgan fingerprint density at radius 2 is 1.58 bits per heavy atom. The van der Waals surface area contributed by atoms with Crippen molar-refractivity contribution in [1.29, 1.82) is 0 Å². The molecule has 1 aromatic carbocycles. The van der Waals surface area contributed by atoms with Crippen molar-refractivity contribution in [3.8, 4) is 0 Å². The number of fused-ring (bicyclic) bond motifs is 1. The number of nitrogens with zero attached hydrogens (tertiary/aromatic N) is 1. The number of imide groups is 2. The van der Waals surface area contributed by atoms with Gasteiger partial charge in [0.2, 0.25) is 0 Å². The predicted octanol–water partition coefficient (Wildman–Crippen LogP) is 1.20. The minimum absolute atomic E-state index is 0.0388. The van der Waals surface area contributed by atoms with E-state index < -0.39 is 23.8 Å². The first kappa shape index (κ1) is 15.9.